The number of nitriles is 1. The van der Waals surface area contributed by atoms with E-state index < -0.39 is 0 Å². The maximum Gasteiger partial charge on any atom is 0.255 e. The van der Waals surface area contributed by atoms with E-state index in [9.17, 15) is 4.79 Å². The molecular weight excluding hydrogens is 374 g/mol. The lowest BCUT2D eigenvalue weighted by Crippen LogP contribution is -2.33. The fraction of sp³-hybridized carbons (Fsp3) is 0.160. The van der Waals surface area contributed by atoms with Crippen LogP contribution in [0.3, 0.4) is 0 Å². The molecule has 148 valence electrons. The molecule has 5 nitrogen and oxygen atoms in total. The highest BCUT2D eigenvalue weighted by Crippen LogP contribution is 2.29. The third kappa shape index (κ3) is 3.56. The Morgan fingerprint density at radius 3 is 2.57 bits per heavy atom. The second-order valence-electron chi connectivity index (χ2n) is 7.05. The van der Waals surface area contributed by atoms with Gasteiger partial charge in [0.25, 0.3) is 5.91 Å². The molecule has 4 rings (SSSR count). The molecule has 1 amide bonds. The number of furan rings is 1. The number of carbonyl (C=O) groups is 1. The Morgan fingerprint density at radius 2 is 1.90 bits per heavy atom. The van der Waals surface area contributed by atoms with Crippen LogP contribution in [-0.2, 0) is 0 Å². The number of benzene rings is 2. The van der Waals surface area contributed by atoms with Crippen LogP contribution in [-0.4, -0.2) is 22.3 Å². The first kappa shape index (κ1) is 19.4. The predicted octanol–water partition coefficient (Wildman–Crippen LogP) is 5.59. The lowest BCUT2D eigenvalue weighted by molar-refractivity contribution is 0.0704. The average Bonchev–Trinajstić information content (AvgIpc) is 3.33. The Hall–Kier alpha value is -3.91. The standard InChI is InChI=1S/C25H21N3O2/c1-3-28(17(2)19-12-10-18(16-26)11-13-19)25(29)21-15-23(24-9-6-14-30-24)27-22-8-5-4-7-20(21)22/h4-15,17H,3H2,1-2H3. The first-order valence-corrected chi connectivity index (χ1v) is 9.87. The molecule has 2 aromatic carbocycles. The van der Waals surface area contributed by atoms with Gasteiger partial charge in [-0.2, -0.15) is 5.26 Å². The lowest BCUT2D eigenvalue weighted by atomic mass is 10.0. The van der Waals surface area contributed by atoms with Gasteiger partial charge in [-0.15, -0.1) is 0 Å². The van der Waals surface area contributed by atoms with Crippen LogP contribution < -0.4 is 0 Å². The quantitative estimate of drug-likeness (QED) is 0.442. The van der Waals surface area contributed by atoms with Crippen LogP contribution in [0.1, 0.15) is 41.4 Å². The molecule has 0 radical (unpaired) electrons. The summed E-state index contributed by atoms with van der Waals surface area (Å²) in [5, 5.41) is 9.84. The number of hydrogen-bond acceptors (Lipinski definition) is 4. The number of amides is 1. The van der Waals surface area contributed by atoms with Crippen LogP contribution in [0.4, 0.5) is 0 Å². The van der Waals surface area contributed by atoms with Gasteiger partial charge in [0.05, 0.1) is 35.0 Å². The van der Waals surface area contributed by atoms with Crippen molar-refractivity contribution in [1.82, 2.24) is 9.88 Å². The topological polar surface area (TPSA) is 70.1 Å². The van der Waals surface area contributed by atoms with Gasteiger partial charge in [0.1, 0.15) is 5.69 Å². The summed E-state index contributed by atoms with van der Waals surface area (Å²) >= 11 is 0. The number of carbonyl (C=O) groups excluding carboxylic acids is 1. The van der Waals surface area contributed by atoms with Crippen LogP contribution in [0.2, 0.25) is 0 Å². The third-order valence-electron chi connectivity index (χ3n) is 5.31. The summed E-state index contributed by atoms with van der Waals surface area (Å²) in [7, 11) is 0. The highest BCUT2D eigenvalue weighted by Gasteiger charge is 2.24. The third-order valence-corrected chi connectivity index (χ3v) is 5.31. The average molecular weight is 395 g/mol. The van der Waals surface area contributed by atoms with Gasteiger partial charge in [-0.25, -0.2) is 4.98 Å². The van der Waals surface area contributed by atoms with Crippen LogP contribution in [0.15, 0.2) is 77.4 Å². The van der Waals surface area contributed by atoms with Crippen LogP contribution in [0.25, 0.3) is 22.4 Å². The van der Waals surface area contributed by atoms with Gasteiger partial charge < -0.3 is 9.32 Å². The smallest absolute Gasteiger partial charge is 0.255 e. The molecule has 0 spiro atoms. The van der Waals surface area contributed by atoms with Crippen LogP contribution >= 0.6 is 0 Å². The Bertz CT molecular complexity index is 1220. The zero-order chi connectivity index (χ0) is 21.1. The Balaban J connectivity index is 1.77. The van der Waals surface area contributed by atoms with Crippen molar-refractivity contribution in [2.75, 3.05) is 6.54 Å². The molecule has 30 heavy (non-hydrogen) atoms. The van der Waals surface area contributed by atoms with E-state index in [0.29, 0.717) is 29.1 Å². The second-order valence-corrected chi connectivity index (χ2v) is 7.05. The van der Waals surface area contributed by atoms with Gasteiger partial charge >= 0.3 is 0 Å². The van der Waals surface area contributed by atoms with Gasteiger partial charge in [-0.05, 0) is 55.8 Å². The molecule has 0 saturated heterocycles. The van der Waals surface area contributed by atoms with E-state index in [4.69, 9.17) is 9.68 Å². The molecule has 2 heterocycles. The monoisotopic (exact) mass is 395 g/mol. The number of nitrogens with zero attached hydrogens (tertiary/aromatic N) is 3. The minimum absolute atomic E-state index is 0.0687. The first-order chi connectivity index (χ1) is 14.6. The highest BCUT2D eigenvalue weighted by molar-refractivity contribution is 6.07. The van der Waals surface area contributed by atoms with Crippen molar-refractivity contribution in [2.45, 2.75) is 19.9 Å². The zero-order valence-electron chi connectivity index (χ0n) is 16.9. The SMILES string of the molecule is CCN(C(=O)c1cc(-c2ccco2)nc2ccccc12)C(C)c1ccc(C#N)cc1. The lowest BCUT2D eigenvalue weighted by Gasteiger charge is -2.29. The second kappa shape index (κ2) is 8.22. The molecule has 1 unspecified atom stereocenters. The largest absolute Gasteiger partial charge is 0.463 e. The van der Waals surface area contributed by atoms with Gasteiger partial charge in [-0.3, -0.25) is 4.79 Å². The van der Waals surface area contributed by atoms with E-state index in [1.54, 1.807) is 30.5 Å². The maximum atomic E-state index is 13.7. The summed E-state index contributed by atoms with van der Waals surface area (Å²) in [6.45, 7) is 4.52. The molecule has 0 fully saturated rings. The number of hydrogen-bond donors (Lipinski definition) is 0. The summed E-state index contributed by atoms with van der Waals surface area (Å²) in [5.74, 6) is 0.554. The van der Waals surface area contributed by atoms with Gasteiger partial charge in [-0.1, -0.05) is 30.3 Å². The van der Waals surface area contributed by atoms with E-state index in [2.05, 4.69) is 11.1 Å². The molecule has 2 aromatic heterocycles. The molecule has 1 atom stereocenters. The van der Waals surface area contributed by atoms with Crippen LogP contribution in [0.5, 0.6) is 0 Å². The Kier molecular flexibility index (Phi) is 5.32. The molecule has 0 bridgehead atoms. The van der Waals surface area contributed by atoms with Crippen molar-refractivity contribution in [3.8, 4) is 17.5 Å². The molecular formula is C25H21N3O2. The summed E-state index contributed by atoms with van der Waals surface area (Å²) in [6.07, 6.45) is 1.60. The fourth-order valence-electron chi connectivity index (χ4n) is 3.67. The molecule has 0 aliphatic carbocycles. The predicted molar refractivity (Wildman–Crippen MR) is 116 cm³/mol. The van der Waals surface area contributed by atoms with Crippen molar-refractivity contribution >= 4 is 16.8 Å². The van der Waals surface area contributed by atoms with Gasteiger partial charge in [0, 0.05) is 11.9 Å². The Morgan fingerprint density at radius 1 is 1.13 bits per heavy atom. The van der Waals surface area contributed by atoms with Crippen molar-refractivity contribution in [3.63, 3.8) is 0 Å². The summed E-state index contributed by atoms with van der Waals surface area (Å²) < 4.78 is 5.51. The molecule has 4 aromatic rings. The first-order valence-electron chi connectivity index (χ1n) is 9.87. The fourth-order valence-corrected chi connectivity index (χ4v) is 3.67. The number of fused-ring (bicyclic) bond motifs is 1. The van der Waals surface area contributed by atoms with E-state index in [1.165, 1.54) is 0 Å². The van der Waals surface area contributed by atoms with E-state index >= 15 is 0 Å². The maximum absolute atomic E-state index is 13.7. The minimum atomic E-state index is -0.144. The number of rotatable bonds is 5. The van der Waals surface area contributed by atoms with E-state index in [-0.39, 0.29) is 11.9 Å². The molecule has 5 heteroatoms. The number of aromatic nitrogens is 1. The molecule has 0 N–H and O–H groups in total. The van der Waals surface area contributed by atoms with Crippen LogP contribution in [0, 0.1) is 11.3 Å². The van der Waals surface area contributed by atoms with E-state index in [1.807, 2.05) is 61.2 Å². The molecule has 0 aliphatic rings. The number of pyridine rings is 1. The van der Waals surface area contributed by atoms with Crippen molar-refractivity contribution in [3.05, 3.63) is 89.7 Å². The van der Waals surface area contributed by atoms with Crippen molar-refractivity contribution in [1.29, 1.82) is 5.26 Å². The zero-order valence-corrected chi connectivity index (χ0v) is 16.9. The van der Waals surface area contributed by atoms with Gasteiger partial charge in [0.2, 0.25) is 0 Å². The minimum Gasteiger partial charge on any atom is -0.463 e. The highest BCUT2D eigenvalue weighted by atomic mass is 16.3. The summed E-state index contributed by atoms with van der Waals surface area (Å²) in [5.41, 5.74) is 3.55. The van der Waals surface area contributed by atoms with Crippen molar-refractivity contribution < 1.29 is 9.21 Å². The molecule has 0 saturated carbocycles. The number of para-hydroxylation sites is 1. The van der Waals surface area contributed by atoms with Crippen molar-refractivity contribution in [2.24, 2.45) is 0 Å². The Labute approximate surface area is 175 Å². The summed E-state index contributed by atoms with van der Waals surface area (Å²) in [6, 6.07) is 22.4. The van der Waals surface area contributed by atoms with Gasteiger partial charge in [0.15, 0.2) is 5.76 Å². The molecule has 0 aliphatic heterocycles. The summed E-state index contributed by atoms with van der Waals surface area (Å²) in [4.78, 5) is 20.2. The van der Waals surface area contributed by atoms with E-state index in [0.717, 1.165) is 16.5 Å². The normalized spacial score (nSPS) is 11.8.